The molecule has 2 N–H and O–H groups in total. The summed E-state index contributed by atoms with van der Waals surface area (Å²) in [6, 6.07) is 5.82. The summed E-state index contributed by atoms with van der Waals surface area (Å²) in [5.41, 5.74) is 3.13. The Bertz CT molecular complexity index is 694. The third kappa shape index (κ3) is 5.23. The minimum absolute atomic E-state index is 0.0973. The molecule has 6 heteroatoms. The van der Waals surface area contributed by atoms with E-state index >= 15 is 0 Å². The Kier molecular flexibility index (Phi) is 5.04. The zero-order valence-electron chi connectivity index (χ0n) is 14.3. The fourth-order valence-corrected chi connectivity index (χ4v) is 4.43. The van der Waals surface area contributed by atoms with E-state index in [4.69, 9.17) is 0 Å². The highest BCUT2D eigenvalue weighted by Crippen LogP contribution is 2.46. The lowest BCUT2D eigenvalue weighted by atomic mass is 10.0. The largest absolute Gasteiger partial charge is 0.338 e. The van der Waals surface area contributed by atoms with E-state index in [9.17, 15) is 13.2 Å². The van der Waals surface area contributed by atoms with Crippen molar-refractivity contribution in [1.82, 2.24) is 10.6 Å². The first-order chi connectivity index (χ1) is 10.6. The Labute approximate surface area is 138 Å². The Morgan fingerprint density at radius 3 is 2.52 bits per heavy atom. The van der Waals surface area contributed by atoms with E-state index in [1.807, 2.05) is 32.9 Å². The van der Waals surface area contributed by atoms with E-state index in [1.54, 1.807) is 0 Å². The van der Waals surface area contributed by atoms with Crippen molar-refractivity contribution < 1.29 is 13.2 Å². The lowest BCUT2D eigenvalue weighted by Crippen LogP contribution is -2.41. The Morgan fingerprint density at radius 1 is 1.30 bits per heavy atom. The molecule has 1 fully saturated rings. The summed E-state index contributed by atoms with van der Waals surface area (Å²) in [5, 5.41) is 5.76. The van der Waals surface area contributed by atoms with Gasteiger partial charge in [-0.2, -0.15) is 0 Å². The molecule has 1 aliphatic carbocycles. The van der Waals surface area contributed by atoms with E-state index in [0.29, 0.717) is 6.54 Å². The highest BCUT2D eigenvalue weighted by atomic mass is 32.2. The first-order valence-electron chi connectivity index (χ1n) is 7.89. The second-order valence-corrected chi connectivity index (χ2v) is 9.12. The Morgan fingerprint density at radius 2 is 1.96 bits per heavy atom. The number of carbonyl (C=O) groups is 1. The van der Waals surface area contributed by atoms with E-state index in [1.165, 1.54) is 6.26 Å². The molecule has 1 aromatic carbocycles. The number of urea groups is 1. The van der Waals surface area contributed by atoms with Gasteiger partial charge in [0.25, 0.3) is 0 Å². The third-order valence-corrected chi connectivity index (χ3v) is 5.54. The van der Waals surface area contributed by atoms with Gasteiger partial charge in [-0.15, -0.1) is 0 Å². The van der Waals surface area contributed by atoms with Gasteiger partial charge in [-0.25, -0.2) is 13.2 Å². The van der Waals surface area contributed by atoms with Gasteiger partial charge in [0.2, 0.25) is 0 Å². The van der Waals surface area contributed by atoms with Crippen LogP contribution in [0.4, 0.5) is 4.79 Å². The third-order valence-electron chi connectivity index (χ3n) is 4.40. The molecule has 2 amide bonds. The molecule has 0 spiro atoms. The zero-order valence-corrected chi connectivity index (χ0v) is 15.1. The van der Waals surface area contributed by atoms with Crippen molar-refractivity contribution in [2.75, 3.05) is 18.6 Å². The SMILES string of the molecule is Cc1ccc(C)c([C@@H](C)NC(=O)NCC2(CS(C)(=O)=O)CC2)c1. The van der Waals surface area contributed by atoms with Gasteiger partial charge in [-0.3, -0.25) is 0 Å². The first kappa shape index (κ1) is 17.8. The van der Waals surface area contributed by atoms with Crippen LogP contribution in [-0.2, 0) is 9.84 Å². The fourth-order valence-electron chi connectivity index (χ4n) is 2.92. The van der Waals surface area contributed by atoms with Crippen molar-refractivity contribution in [2.45, 2.75) is 39.7 Å². The number of hydrogen-bond donors (Lipinski definition) is 2. The summed E-state index contributed by atoms with van der Waals surface area (Å²) in [5.74, 6) is 0.146. The molecular formula is C17H26N2O3S. The van der Waals surface area contributed by atoms with Crippen LogP contribution in [0.1, 0.15) is 42.5 Å². The van der Waals surface area contributed by atoms with Crippen molar-refractivity contribution >= 4 is 15.9 Å². The molecular weight excluding hydrogens is 312 g/mol. The summed E-state index contributed by atoms with van der Waals surface area (Å²) in [6.45, 7) is 6.41. The van der Waals surface area contributed by atoms with Crippen molar-refractivity contribution in [3.63, 3.8) is 0 Å². The monoisotopic (exact) mass is 338 g/mol. The van der Waals surface area contributed by atoms with Crippen molar-refractivity contribution in [2.24, 2.45) is 5.41 Å². The summed E-state index contributed by atoms with van der Waals surface area (Å²) in [4.78, 5) is 12.1. The maximum Gasteiger partial charge on any atom is 0.315 e. The quantitative estimate of drug-likeness (QED) is 0.837. The Hall–Kier alpha value is -1.56. The molecule has 1 saturated carbocycles. The second kappa shape index (κ2) is 6.51. The van der Waals surface area contributed by atoms with Gasteiger partial charge in [-0.05, 0) is 44.7 Å². The molecule has 0 aromatic heterocycles. The number of sulfone groups is 1. The standard InChI is InChI=1S/C17H26N2O3S/c1-12-5-6-13(2)15(9-12)14(3)19-16(20)18-10-17(7-8-17)11-23(4,21)22/h5-6,9,14H,7-8,10-11H2,1-4H3,(H2,18,19,20)/t14-/m1/s1. The number of nitrogens with one attached hydrogen (secondary N) is 2. The maximum atomic E-state index is 12.1. The molecule has 1 aromatic rings. The van der Waals surface area contributed by atoms with E-state index < -0.39 is 9.84 Å². The van der Waals surface area contributed by atoms with Gasteiger partial charge >= 0.3 is 6.03 Å². The molecule has 1 aliphatic rings. The van der Waals surface area contributed by atoms with Gasteiger partial charge in [-0.1, -0.05) is 23.8 Å². The lowest BCUT2D eigenvalue weighted by Gasteiger charge is -2.20. The molecule has 5 nitrogen and oxygen atoms in total. The highest BCUT2D eigenvalue weighted by Gasteiger charge is 2.45. The number of hydrogen-bond acceptors (Lipinski definition) is 3. The summed E-state index contributed by atoms with van der Waals surface area (Å²) in [7, 11) is -3.02. The van der Waals surface area contributed by atoms with Crippen LogP contribution in [0, 0.1) is 19.3 Å². The average Bonchev–Trinajstić information content (AvgIpc) is 3.17. The number of rotatable bonds is 6. The van der Waals surface area contributed by atoms with Crippen molar-refractivity contribution in [1.29, 1.82) is 0 Å². The molecule has 0 heterocycles. The topological polar surface area (TPSA) is 75.3 Å². The van der Waals surface area contributed by atoms with Crippen LogP contribution >= 0.6 is 0 Å². The van der Waals surface area contributed by atoms with Gasteiger partial charge in [0.15, 0.2) is 0 Å². The molecule has 128 valence electrons. The van der Waals surface area contributed by atoms with Crippen LogP contribution in [0.15, 0.2) is 18.2 Å². The van der Waals surface area contributed by atoms with Gasteiger partial charge in [0.05, 0.1) is 11.8 Å². The normalized spacial score (nSPS) is 17.4. The number of benzene rings is 1. The average molecular weight is 338 g/mol. The zero-order chi connectivity index (χ0) is 17.3. The predicted octanol–water partition coefficient (Wildman–Crippen LogP) is 2.49. The van der Waals surface area contributed by atoms with E-state index in [2.05, 4.69) is 16.7 Å². The fraction of sp³-hybridized carbons (Fsp3) is 0.588. The van der Waals surface area contributed by atoms with Gasteiger partial charge < -0.3 is 10.6 Å². The number of carbonyl (C=O) groups excluding carboxylic acids is 1. The van der Waals surface area contributed by atoms with Crippen LogP contribution in [0.25, 0.3) is 0 Å². The molecule has 0 radical (unpaired) electrons. The smallest absolute Gasteiger partial charge is 0.315 e. The van der Waals surface area contributed by atoms with Crippen LogP contribution in [0.5, 0.6) is 0 Å². The summed E-state index contributed by atoms with van der Waals surface area (Å²) < 4.78 is 22.9. The lowest BCUT2D eigenvalue weighted by molar-refractivity contribution is 0.235. The van der Waals surface area contributed by atoms with Crippen molar-refractivity contribution in [3.05, 3.63) is 34.9 Å². The minimum Gasteiger partial charge on any atom is -0.338 e. The predicted molar refractivity (Wildman–Crippen MR) is 92.2 cm³/mol. The highest BCUT2D eigenvalue weighted by molar-refractivity contribution is 7.90. The number of aryl methyl sites for hydroxylation is 2. The minimum atomic E-state index is -3.02. The molecule has 23 heavy (non-hydrogen) atoms. The molecule has 0 bridgehead atoms. The molecule has 0 aliphatic heterocycles. The maximum absolute atomic E-state index is 12.1. The molecule has 0 unspecified atom stereocenters. The second-order valence-electron chi connectivity index (χ2n) is 6.98. The van der Waals surface area contributed by atoms with Gasteiger partial charge in [0, 0.05) is 18.2 Å². The number of amides is 2. The van der Waals surface area contributed by atoms with E-state index in [0.717, 1.165) is 29.5 Å². The van der Waals surface area contributed by atoms with Crippen LogP contribution in [0.2, 0.25) is 0 Å². The van der Waals surface area contributed by atoms with Crippen LogP contribution < -0.4 is 10.6 Å². The summed E-state index contributed by atoms with van der Waals surface area (Å²) >= 11 is 0. The molecule has 0 saturated heterocycles. The van der Waals surface area contributed by atoms with E-state index in [-0.39, 0.29) is 23.2 Å². The Balaban J connectivity index is 1.89. The van der Waals surface area contributed by atoms with Crippen molar-refractivity contribution in [3.8, 4) is 0 Å². The first-order valence-corrected chi connectivity index (χ1v) is 9.96. The van der Waals surface area contributed by atoms with Crippen LogP contribution in [0.3, 0.4) is 0 Å². The molecule has 1 atom stereocenters. The van der Waals surface area contributed by atoms with Gasteiger partial charge in [0.1, 0.15) is 9.84 Å². The van der Waals surface area contributed by atoms with Crippen LogP contribution in [-0.4, -0.2) is 33.0 Å². The summed E-state index contributed by atoms with van der Waals surface area (Å²) in [6.07, 6.45) is 2.95. The molecule has 2 rings (SSSR count).